The summed E-state index contributed by atoms with van der Waals surface area (Å²) in [6, 6.07) is 14.5. The number of tetrazole rings is 1. The molecule has 2 aromatic heterocycles. The van der Waals surface area contributed by atoms with Crippen molar-refractivity contribution in [2.24, 2.45) is 0 Å². The van der Waals surface area contributed by atoms with Crippen molar-refractivity contribution < 1.29 is 18.0 Å². The van der Waals surface area contributed by atoms with Crippen LogP contribution in [0.1, 0.15) is 24.1 Å². The first-order valence-electron chi connectivity index (χ1n) is 10.3. The van der Waals surface area contributed by atoms with Crippen molar-refractivity contribution in [2.75, 3.05) is 5.32 Å². The number of aromatic amines is 1. The van der Waals surface area contributed by atoms with Crippen molar-refractivity contribution in [3.05, 3.63) is 77.1 Å². The SMILES string of the molecule is O=C(Nc1ccc(-c2ccc(C(F)(F)F)nc2)c(-c2nn[nH]n2)c1)C1(c2ccc(Cl)cc2)CC1. The predicted molar refractivity (Wildman–Crippen MR) is 119 cm³/mol. The van der Waals surface area contributed by atoms with E-state index in [1.807, 2.05) is 12.1 Å². The molecule has 5 rings (SSSR count). The molecular formula is C23H16ClF3N6O. The van der Waals surface area contributed by atoms with Gasteiger partial charge >= 0.3 is 6.18 Å². The Kier molecular flexibility index (Phi) is 5.32. The Morgan fingerprint density at radius 3 is 2.38 bits per heavy atom. The van der Waals surface area contributed by atoms with E-state index in [-0.39, 0.29) is 11.7 Å². The molecular weight excluding hydrogens is 469 g/mol. The van der Waals surface area contributed by atoms with Gasteiger partial charge in [-0.1, -0.05) is 35.9 Å². The van der Waals surface area contributed by atoms with Gasteiger partial charge in [-0.3, -0.25) is 9.78 Å². The first-order valence-corrected chi connectivity index (χ1v) is 10.6. The first-order chi connectivity index (χ1) is 16.3. The number of H-pyrrole nitrogens is 1. The Morgan fingerprint density at radius 1 is 1.03 bits per heavy atom. The van der Waals surface area contributed by atoms with Gasteiger partial charge in [0.05, 0.1) is 5.41 Å². The zero-order valence-electron chi connectivity index (χ0n) is 17.4. The second-order valence-electron chi connectivity index (χ2n) is 7.97. The summed E-state index contributed by atoms with van der Waals surface area (Å²) in [5.41, 5.74) is 1.23. The molecule has 1 aliphatic carbocycles. The van der Waals surface area contributed by atoms with Gasteiger partial charge in [0.2, 0.25) is 11.7 Å². The Labute approximate surface area is 196 Å². The molecule has 2 heterocycles. The van der Waals surface area contributed by atoms with E-state index in [0.29, 0.717) is 40.2 Å². The van der Waals surface area contributed by atoms with Gasteiger partial charge in [0.25, 0.3) is 0 Å². The Hall–Kier alpha value is -3.79. The van der Waals surface area contributed by atoms with Crippen LogP contribution in [0.5, 0.6) is 0 Å². The number of benzene rings is 2. The summed E-state index contributed by atoms with van der Waals surface area (Å²) in [5, 5.41) is 17.5. The standard InChI is InChI=1S/C23H16ClF3N6O/c24-15-4-2-14(3-5-15)22(9-10-22)21(34)29-16-6-7-17(18(11-16)20-30-32-33-31-20)13-1-8-19(28-12-13)23(25,26)27/h1-8,11-12H,9-10H2,(H,29,34)(H,30,31,32,33). The number of amides is 1. The van der Waals surface area contributed by atoms with Gasteiger partial charge in [0.15, 0.2) is 0 Å². The number of aromatic nitrogens is 5. The molecule has 1 aliphatic rings. The van der Waals surface area contributed by atoms with Crippen LogP contribution in [0.25, 0.3) is 22.5 Å². The maximum Gasteiger partial charge on any atom is 0.433 e. The third-order valence-corrected chi connectivity index (χ3v) is 6.06. The van der Waals surface area contributed by atoms with E-state index in [9.17, 15) is 18.0 Å². The molecule has 0 saturated heterocycles. The largest absolute Gasteiger partial charge is 0.433 e. The highest BCUT2D eigenvalue weighted by Crippen LogP contribution is 2.49. The fourth-order valence-electron chi connectivity index (χ4n) is 3.85. The van der Waals surface area contributed by atoms with E-state index < -0.39 is 17.3 Å². The van der Waals surface area contributed by atoms with Crippen LogP contribution in [0.3, 0.4) is 0 Å². The topological polar surface area (TPSA) is 96.5 Å². The van der Waals surface area contributed by atoms with Gasteiger partial charge in [-0.25, -0.2) is 0 Å². The van der Waals surface area contributed by atoms with Crippen LogP contribution in [0.15, 0.2) is 60.8 Å². The highest BCUT2D eigenvalue weighted by molar-refractivity contribution is 6.30. The van der Waals surface area contributed by atoms with E-state index >= 15 is 0 Å². The van der Waals surface area contributed by atoms with Crippen molar-refractivity contribution >= 4 is 23.2 Å². The highest BCUT2D eigenvalue weighted by atomic mass is 35.5. The van der Waals surface area contributed by atoms with Gasteiger partial charge in [-0.05, 0) is 59.5 Å². The fourth-order valence-corrected chi connectivity index (χ4v) is 3.97. The minimum Gasteiger partial charge on any atom is -0.325 e. The molecule has 0 aliphatic heterocycles. The van der Waals surface area contributed by atoms with Crippen LogP contribution in [-0.2, 0) is 16.4 Å². The van der Waals surface area contributed by atoms with Crippen molar-refractivity contribution in [1.82, 2.24) is 25.6 Å². The summed E-state index contributed by atoms with van der Waals surface area (Å²) >= 11 is 5.97. The zero-order chi connectivity index (χ0) is 23.9. The van der Waals surface area contributed by atoms with Gasteiger partial charge in [0.1, 0.15) is 5.69 Å². The molecule has 0 spiro atoms. The van der Waals surface area contributed by atoms with Crippen LogP contribution in [0, 0.1) is 0 Å². The number of nitrogens with one attached hydrogen (secondary N) is 2. The number of carbonyl (C=O) groups is 1. The average molecular weight is 485 g/mol. The maximum atomic E-state index is 13.2. The normalized spacial score (nSPS) is 14.6. The van der Waals surface area contributed by atoms with E-state index in [1.165, 1.54) is 6.07 Å². The van der Waals surface area contributed by atoms with E-state index in [4.69, 9.17) is 11.6 Å². The number of hydrogen-bond donors (Lipinski definition) is 2. The lowest BCUT2D eigenvalue weighted by Crippen LogP contribution is -2.27. The molecule has 2 N–H and O–H groups in total. The minimum atomic E-state index is -4.54. The smallest absolute Gasteiger partial charge is 0.325 e. The minimum absolute atomic E-state index is 0.155. The lowest BCUT2D eigenvalue weighted by molar-refractivity contribution is -0.141. The van der Waals surface area contributed by atoms with Crippen molar-refractivity contribution in [2.45, 2.75) is 24.4 Å². The van der Waals surface area contributed by atoms with Gasteiger partial charge in [0, 0.05) is 28.0 Å². The van der Waals surface area contributed by atoms with Crippen LogP contribution >= 0.6 is 11.6 Å². The second-order valence-corrected chi connectivity index (χ2v) is 8.41. The number of carbonyl (C=O) groups excluding carboxylic acids is 1. The predicted octanol–water partition coefficient (Wildman–Crippen LogP) is 5.27. The van der Waals surface area contributed by atoms with Gasteiger partial charge in [-0.15, -0.1) is 10.2 Å². The van der Waals surface area contributed by atoms with E-state index in [2.05, 4.69) is 30.9 Å². The molecule has 4 aromatic rings. The highest BCUT2D eigenvalue weighted by Gasteiger charge is 2.51. The summed E-state index contributed by atoms with van der Waals surface area (Å²) < 4.78 is 38.7. The van der Waals surface area contributed by atoms with Crippen LogP contribution in [0.2, 0.25) is 5.02 Å². The number of nitrogens with zero attached hydrogens (tertiary/aromatic N) is 4. The Morgan fingerprint density at radius 2 is 1.79 bits per heavy atom. The van der Waals surface area contributed by atoms with E-state index in [1.54, 1.807) is 30.3 Å². The first kappa shape index (κ1) is 22.0. The molecule has 1 saturated carbocycles. The molecule has 0 radical (unpaired) electrons. The summed E-state index contributed by atoms with van der Waals surface area (Å²) in [4.78, 5) is 16.7. The Balaban J connectivity index is 1.47. The lowest BCUT2D eigenvalue weighted by atomic mass is 9.94. The van der Waals surface area contributed by atoms with Crippen LogP contribution in [-0.4, -0.2) is 31.5 Å². The third kappa shape index (κ3) is 4.12. The molecule has 1 amide bonds. The van der Waals surface area contributed by atoms with Gasteiger partial charge in [-0.2, -0.15) is 18.4 Å². The van der Waals surface area contributed by atoms with Crippen molar-refractivity contribution in [1.29, 1.82) is 0 Å². The van der Waals surface area contributed by atoms with Gasteiger partial charge < -0.3 is 5.32 Å². The number of alkyl halides is 3. The second kappa shape index (κ2) is 8.21. The average Bonchev–Trinajstić information content (AvgIpc) is 3.45. The number of halogens is 4. The molecule has 11 heteroatoms. The molecule has 1 fully saturated rings. The Bertz CT molecular complexity index is 1330. The molecule has 2 aromatic carbocycles. The van der Waals surface area contributed by atoms with Crippen molar-refractivity contribution in [3.63, 3.8) is 0 Å². The maximum absolute atomic E-state index is 13.2. The van der Waals surface area contributed by atoms with E-state index in [0.717, 1.165) is 17.8 Å². The number of anilines is 1. The zero-order valence-corrected chi connectivity index (χ0v) is 18.2. The monoisotopic (exact) mass is 484 g/mol. The lowest BCUT2D eigenvalue weighted by Gasteiger charge is -2.17. The summed E-state index contributed by atoms with van der Waals surface area (Å²) in [6.07, 6.45) is -1.97. The summed E-state index contributed by atoms with van der Waals surface area (Å²) in [5.74, 6) is 0.0719. The molecule has 34 heavy (non-hydrogen) atoms. The van der Waals surface area contributed by atoms with Crippen molar-refractivity contribution in [3.8, 4) is 22.5 Å². The fraction of sp³-hybridized carbons (Fsp3) is 0.174. The molecule has 0 unspecified atom stereocenters. The summed E-state index contributed by atoms with van der Waals surface area (Å²) in [6.45, 7) is 0. The molecule has 7 nitrogen and oxygen atoms in total. The molecule has 0 bridgehead atoms. The molecule has 172 valence electrons. The number of rotatable bonds is 5. The number of pyridine rings is 1. The molecule has 0 atom stereocenters. The van der Waals surface area contributed by atoms with Crippen LogP contribution < -0.4 is 5.32 Å². The third-order valence-electron chi connectivity index (χ3n) is 5.81. The van der Waals surface area contributed by atoms with Crippen LogP contribution in [0.4, 0.5) is 18.9 Å². The quantitative estimate of drug-likeness (QED) is 0.402. The summed E-state index contributed by atoms with van der Waals surface area (Å²) in [7, 11) is 0. The number of hydrogen-bond acceptors (Lipinski definition) is 5.